The fraction of sp³-hybridized carbons (Fsp3) is 0.235. The van der Waals surface area contributed by atoms with Crippen LogP contribution in [0.25, 0.3) is 0 Å². The number of nitriles is 1. The van der Waals surface area contributed by atoms with Gasteiger partial charge in [-0.25, -0.2) is 0 Å². The van der Waals surface area contributed by atoms with E-state index in [9.17, 15) is 5.26 Å². The molecular weight excluding hydrogens is 250 g/mol. The highest BCUT2D eigenvalue weighted by atomic mass is 32.2. The van der Waals surface area contributed by atoms with Crippen LogP contribution in [0.2, 0.25) is 0 Å². The van der Waals surface area contributed by atoms with E-state index in [-0.39, 0.29) is 0 Å². The lowest BCUT2D eigenvalue weighted by Gasteiger charge is -2.09. The number of aryl methyl sites for hydroxylation is 1. The van der Waals surface area contributed by atoms with Crippen molar-refractivity contribution < 1.29 is 0 Å². The van der Waals surface area contributed by atoms with Crippen molar-refractivity contribution in [2.75, 3.05) is 0 Å². The van der Waals surface area contributed by atoms with Crippen molar-refractivity contribution in [2.45, 2.75) is 36.5 Å². The summed E-state index contributed by atoms with van der Waals surface area (Å²) in [4.78, 5) is 2.23. The molecule has 2 aromatic carbocycles. The minimum Gasteiger partial charge on any atom is -0.192 e. The SMILES string of the molecule is Cc1cccc(C#N)c1Sc1ccc(C(C)C)cc1. The summed E-state index contributed by atoms with van der Waals surface area (Å²) in [5.74, 6) is 0.548. The average molecular weight is 267 g/mol. The van der Waals surface area contributed by atoms with E-state index in [1.54, 1.807) is 11.8 Å². The Labute approximate surface area is 119 Å². The fourth-order valence-corrected chi connectivity index (χ4v) is 2.88. The molecule has 0 fully saturated rings. The number of hydrogen-bond donors (Lipinski definition) is 0. The molecule has 19 heavy (non-hydrogen) atoms. The predicted octanol–water partition coefficient (Wildman–Crippen LogP) is 5.14. The van der Waals surface area contributed by atoms with Crippen LogP contribution >= 0.6 is 11.8 Å². The second-order valence-electron chi connectivity index (χ2n) is 4.89. The maximum absolute atomic E-state index is 9.17. The first-order valence-corrected chi connectivity index (χ1v) is 7.21. The number of hydrogen-bond acceptors (Lipinski definition) is 2. The highest BCUT2D eigenvalue weighted by Gasteiger charge is 2.07. The molecule has 0 saturated heterocycles. The summed E-state index contributed by atoms with van der Waals surface area (Å²) in [6.07, 6.45) is 0. The van der Waals surface area contributed by atoms with Gasteiger partial charge in [0.2, 0.25) is 0 Å². The lowest BCUT2D eigenvalue weighted by molar-refractivity contribution is 0.865. The Balaban J connectivity index is 2.29. The lowest BCUT2D eigenvalue weighted by atomic mass is 10.0. The molecular formula is C17H17NS. The molecule has 0 unspecified atom stereocenters. The number of benzene rings is 2. The monoisotopic (exact) mass is 267 g/mol. The summed E-state index contributed by atoms with van der Waals surface area (Å²) >= 11 is 1.66. The van der Waals surface area contributed by atoms with Crippen LogP contribution in [0.5, 0.6) is 0 Å². The average Bonchev–Trinajstić information content (AvgIpc) is 2.41. The second-order valence-corrected chi connectivity index (χ2v) is 5.97. The molecule has 0 aromatic heterocycles. The zero-order valence-electron chi connectivity index (χ0n) is 11.5. The smallest absolute Gasteiger partial charge is 0.100 e. The lowest BCUT2D eigenvalue weighted by Crippen LogP contribution is -1.88. The molecule has 0 N–H and O–H groups in total. The van der Waals surface area contributed by atoms with Gasteiger partial charge in [0.05, 0.1) is 5.56 Å². The van der Waals surface area contributed by atoms with Crippen LogP contribution < -0.4 is 0 Å². The van der Waals surface area contributed by atoms with Crippen LogP contribution in [-0.2, 0) is 0 Å². The maximum Gasteiger partial charge on any atom is 0.100 e. The van der Waals surface area contributed by atoms with E-state index >= 15 is 0 Å². The highest BCUT2D eigenvalue weighted by Crippen LogP contribution is 2.33. The Morgan fingerprint density at radius 1 is 1.05 bits per heavy atom. The van der Waals surface area contributed by atoms with Crippen molar-refractivity contribution in [3.8, 4) is 6.07 Å². The third-order valence-corrected chi connectivity index (χ3v) is 4.35. The van der Waals surface area contributed by atoms with Gasteiger partial charge in [0.15, 0.2) is 0 Å². The zero-order valence-corrected chi connectivity index (χ0v) is 12.3. The standard InChI is InChI=1S/C17H17NS/c1-12(2)14-7-9-16(10-8-14)19-17-13(3)5-4-6-15(17)11-18/h4-10,12H,1-3H3. The fourth-order valence-electron chi connectivity index (χ4n) is 1.91. The molecule has 0 bridgehead atoms. The molecule has 2 aromatic rings. The van der Waals surface area contributed by atoms with E-state index in [1.165, 1.54) is 10.5 Å². The van der Waals surface area contributed by atoms with Crippen molar-refractivity contribution >= 4 is 11.8 Å². The summed E-state index contributed by atoms with van der Waals surface area (Å²) in [6.45, 7) is 6.43. The summed E-state index contributed by atoms with van der Waals surface area (Å²) in [7, 11) is 0. The largest absolute Gasteiger partial charge is 0.192 e. The van der Waals surface area contributed by atoms with Crippen LogP contribution in [0.15, 0.2) is 52.3 Å². The number of nitrogens with zero attached hydrogens (tertiary/aromatic N) is 1. The molecule has 0 spiro atoms. The minimum absolute atomic E-state index is 0.548. The molecule has 0 heterocycles. The van der Waals surface area contributed by atoms with Crippen LogP contribution in [0.4, 0.5) is 0 Å². The number of rotatable bonds is 3. The first-order chi connectivity index (χ1) is 9.11. The summed E-state index contributed by atoms with van der Waals surface area (Å²) < 4.78 is 0. The molecule has 2 heteroatoms. The zero-order chi connectivity index (χ0) is 13.8. The maximum atomic E-state index is 9.17. The normalized spacial score (nSPS) is 10.5. The van der Waals surface area contributed by atoms with E-state index in [4.69, 9.17) is 0 Å². The Bertz CT molecular complexity index is 606. The quantitative estimate of drug-likeness (QED) is 0.768. The summed E-state index contributed by atoms with van der Waals surface area (Å²) in [5, 5.41) is 9.17. The molecule has 0 aliphatic rings. The van der Waals surface area contributed by atoms with Gasteiger partial charge in [-0.05, 0) is 42.2 Å². The van der Waals surface area contributed by atoms with Crippen molar-refractivity contribution in [2.24, 2.45) is 0 Å². The van der Waals surface area contributed by atoms with Gasteiger partial charge in [-0.2, -0.15) is 5.26 Å². The van der Waals surface area contributed by atoms with Gasteiger partial charge < -0.3 is 0 Å². The molecule has 0 aliphatic heterocycles. The first-order valence-electron chi connectivity index (χ1n) is 6.39. The Morgan fingerprint density at radius 3 is 2.32 bits per heavy atom. The van der Waals surface area contributed by atoms with Crippen LogP contribution in [0.1, 0.15) is 36.5 Å². The van der Waals surface area contributed by atoms with E-state index in [0.717, 1.165) is 16.0 Å². The minimum atomic E-state index is 0.548. The van der Waals surface area contributed by atoms with Crippen molar-refractivity contribution in [3.63, 3.8) is 0 Å². The molecule has 0 aliphatic carbocycles. The van der Waals surface area contributed by atoms with Gasteiger partial charge in [-0.3, -0.25) is 0 Å². The van der Waals surface area contributed by atoms with Gasteiger partial charge in [0.1, 0.15) is 6.07 Å². The van der Waals surface area contributed by atoms with Crippen molar-refractivity contribution in [1.29, 1.82) is 5.26 Å². The molecule has 0 atom stereocenters. The third kappa shape index (κ3) is 3.19. The van der Waals surface area contributed by atoms with E-state index in [2.05, 4.69) is 44.2 Å². The molecule has 0 radical (unpaired) electrons. The van der Waals surface area contributed by atoms with E-state index < -0.39 is 0 Å². The van der Waals surface area contributed by atoms with Crippen molar-refractivity contribution in [3.05, 3.63) is 59.2 Å². The first kappa shape index (κ1) is 13.7. The highest BCUT2D eigenvalue weighted by molar-refractivity contribution is 7.99. The second kappa shape index (κ2) is 5.95. The van der Waals surface area contributed by atoms with Crippen LogP contribution in [0.3, 0.4) is 0 Å². The van der Waals surface area contributed by atoms with Gasteiger partial charge in [-0.1, -0.05) is 49.9 Å². The Kier molecular flexibility index (Phi) is 4.29. The van der Waals surface area contributed by atoms with Gasteiger partial charge in [0, 0.05) is 9.79 Å². The van der Waals surface area contributed by atoms with Gasteiger partial charge in [-0.15, -0.1) is 0 Å². The molecule has 2 rings (SSSR count). The summed E-state index contributed by atoms with van der Waals surface area (Å²) in [6, 6.07) is 16.7. The molecule has 96 valence electrons. The van der Waals surface area contributed by atoms with Crippen LogP contribution in [0, 0.1) is 18.3 Å². The Hall–Kier alpha value is -1.72. The molecule has 0 amide bonds. The van der Waals surface area contributed by atoms with Gasteiger partial charge in [0.25, 0.3) is 0 Å². The Morgan fingerprint density at radius 2 is 1.74 bits per heavy atom. The van der Waals surface area contributed by atoms with E-state index in [1.807, 2.05) is 25.1 Å². The molecule has 1 nitrogen and oxygen atoms in total. The van der Waals surface area contributed by atoms with Crippen LogP contribution in [-0.4, -0.2) is 0 Å². The topological polar surface area (TPSA) is 23.8 Å². The summed E-state index contributed by atoms with van der Waals surface area (Å²) in [5.41, 5.74) is 3.24. The van der Waals surface area contributed by atoms with E-state index in [0.29, 0.717) is 5.92 Å². The third-order valence-electron chi connectivity index (χ3n) is 3.10. The molecule has 0 saturated carbocycles. The van der Waals surface area contributed by atoms with Gasteiger partial charge >= 0.3 is 0 Å². The van der Waals surface area contributed by atoms with Crippen molar-refractivity contribution in [1.82, 2.24) is 0 Å². The predicted molar refractivity (Wildman–Crippen MR) is 80.5 cm³/mol.